The molecule has 0 fully saturated rings. The van der Waals surface area contributed by atoms with Gasteiger partial charge in [-0.05, 0) is 51.9 Å². The molecule has 0 aliphatic heterocycles. The molecule has 0 saturated heterocycles. The molecule has 0 aromatic carbocycles. The van der Waals surface area contributed by atoms with E-state index < -0.39 is 8.07 Å². The zero-order chi connectivity index (χ0) is 15.8. The third kappa shape index (κ3) is 11.3. The summed E-state index contributed by atoms with van der Waals surface area (Å²) < 4.78 is 22.5. The van der Waals surface area contributed by atoms with E-state index in [9.17, 15) is 0 Å². The van der Waals surface area contributed by atoms with E-state index >= 15 is 0 Å². The van der Waals surface area contributed by atoms with E-state index in [1.54, 1.807) is 0 Å². The maximum Gasteiger partial charge on any atom is 0.0626 e. The van der Waals surface area contributed by atoms with Crippen LogP contribution in [0.2, 0.25) is 24.2 Å². The summed E-state index contributed by atoms with van der Waals surface area (Å²) in [6.07, 6.45) is 0. The monoisotopic (exact) mass is 320 g/mol. The van der Waals surface area contributed by atoms with Crippen molar-refractivity contribution in [2.24, 2.45) is 0 Å². The maximum atomic E-state index is 5.62. The van der Waals surface area contributed by atoms with E-state index in [-0.39, 0.29) is 0 Å². The van der Waals surface area contributed by atoms with Gasteiger partial charge in [-0.15, -0.1) is 0 Å². The molecule has 0 atom stereocenters. The van der Waals surface area contributed by atoms with E-state index in [0.717, 1.165) is 52.9 Å². The van der Waals surface area contributed by atoms with Crippen LogP contribution in [0.1, 0.15) is 27.7 Å². The molecule has 0 saturated carbocycles. The summed E-state index contributed by atoms with van der Waals surface area (Å²) in [4.78, 5) is 0. The fourth-order valence-corrected chi connectivity index (χ4v) is 6.29. The van der Waals surface area contributed by atoms with Crippen molar-refractivity contribution in [3.8, 4) is 0 Å². The Morgan fingerprint density at radius 1 is 0.476 bits per heavy atom. The molecule has 0 aromatic heterocycles. The highest BCUT2D eigenvalue weighted by Crippen LogP contribution is 2.26. The highest BCUT2D eigenvalue weighted by Gasteiger charge is 2.31. The van der Waals surface area contributed by atoms with Crippen molar-refractivity contribution >= 4 is 8.07 Å². The topological polar surface area (TPSA) is 36.9 Å². The van der Waals surface area contributed by atoms with E-state index in [2.05, 4.69) is 27.7 Å². The van der Waals surface area contributed by atoms with Crippen LogP contribution in [-0.4, -0.2) is 60.9 Å². The van der Waals surface area contributed by atoms with E-state index in [1.165, 1.54) is 24.2 Å². The Bertz CT molecular complexity index is 169. The van der Waals surface area contributed by atoms with Crippen LogP contribution in [0.15, 0.2) is 0 Å². The van der Waals surface area contributed by atoms with Gasteiger partial charge in [-0.3, -0.25) is 0 Å². The third-order valence-electron chi connectivity index (χ3n) is 3.92. The number of rotatable bonds is 16. The number of hydrogen-bond donors (Lipinski definition) is 0. The molecular formula is C16H36O4Si. The zero-order valence-electron chi connectivity index (χ0n) is 14.6. The fraction of sp³-hybridized carbons (Fsp3) is 1.00. The van der Waals surface area contributed by atoms with Crippen molar-refractivity contribution in [2.45, 2.75) is 51.9 Å². The van der Waals surface area contributed by atoms with Crippen molar-refractivity contribution in [3.63, 3.8) is 0 Å². The van der Waals surface area contributed by atoms with E-state index in [4.69, 9.17) is 18.9 Å². The molecule has 0 amide bonds. The summed E-state index contributed by atoms with van der Waals surface area (Å²) in [5.41, 5.74) is 0. The molecule has 0 heterocycles. The largest absolute Gasteiger partial charge is 0.382 e. The van der Waals surface area contributed by atoms with Gasteiger partial charge in [0.15, 0.2) is 0 Å². The molecule has 0 N–H and O–H groups in total. The van der Waals surface area contributed by atoms with E-state index in [0.29, 0.717) is 0 Å². The Morgan fingerprint density at radius 2 is 0.714 bits per heavy atom. The van der Waals surface area contributed by atoms with Crippen LogP contribution in [0.4, 0.5) is 0 Å². The first-order valence-electron chi connectivity index (χ1n) is 8.55. The van der Waals surface area contributed by atoms with Crippen LogP contribution >= 0.6 is 0 Å². The summed E-state index contributed by atoms with van der Waals surface area (Å²) >= 11 is 0. The van der Waals surface area contributed by atoms with Gasteiger partial charge in [0.1, 0.15) is 0 Å². The van der Waals surface area contributed by atoms with Crippen molar-refractivity contribution in [1.82, 2.24) is 0 Å². The molecule has 0 radical (unpaired) electrons. The minimum absolute atomic E-state index is 0.798. The van der Waals surface area contributed by atoms with Gasteiger partial charge in [-0.1, -0.05) is 0 Å². The predicted molar refractivity (Wildman–Crippen MR) is 91.0 cm³/mol. The normalized spacial score (nSPS) is 12.0. The van der Waals surface area contributed by atoms with Crippen LogP contribution < -0.4 is 0 Å². The van der Waals surface area contributed by atoms with Gasteiger partial charge >= 0.3 is 0 Å². The summed E-state index contributed by atoms with van der Waals surface area (Å²) in [5, 5.41) is 0. The minimum atomic E-state index is -1.44. The lowest BCUT2D eigenvalue weighted by Gasteiger charge is -2.32. The van der Waals surface area contributed by atoms with Crippen LogP contribution in [-0.2, 0) is 18.9 Å². The minimum Gasteiger partial charge on any atom is -0.382 e. The molecule has 0 aliphatic rings. The lowest BCUT2D eigenvalue weighted by molar-refractivity contribution is 0.144. The van der Waals surface area contributed by atoms with Crippen LogP contribution in [0.5, 0.6) is 0 Å². The Labute approximate surface area is 132 Å². The molecule has 0 rings (SSSR count). The van der Waals surface area contributed by atoms with Crippen molar-refractivity contribution < 1.29 is 18.9 Å². The van der Waals surface area contributed by atoms with Gasteiger partial charge < -0.3 is 18.9 Å². The third-order valence-corrected chi connectivity index (χ3v) is 8.98. The van der Waals surface area contributed by atoms with Crippen LogP contribution in [0.25, 0.3) is 0 Å². The first kappa shape index (κ1) is 21.1. The van der Waals surface area contributed by atoms with Gasteiger partial charge in [0.2, 0.25) is 0 Å². The second-order valence-corrected chi connectivity index (χ2v) is 10.3. The molecule has 0 bridgehead atoms. The van der Waals surface area contributed by atoms with Crippen LogP contribution in [0.3, 0.4) is 0 Å². The fourth-order valence-electron chi connectivity index (χ4n) is 2.48. The van der Waals surface area contributed by atoms with E-state index in [1.807, 2.05) is 0 Å². The highest BCUT2D eigenvalue weighted by molar-refractivity contribution is 6.80. The molecular weight excluding hydrogens is 284 g/mol. The Balaban J connectivity index is 4.52. The number of hydrogen-bond acceptors (Lipinski definition) is 4. The summed E-state index contributed by atoms with van der Waals surface area (Å²) in [6.45, 7) is 14.9. The summed E-state index contributed by atoms with van der Waals surface area (Å²) in [5.74, 6) is 0. The Morgan fingerprint density at radius 3 is 0.905 bits per heavy atom. The van der Waals surface area contributed by atoms with Gasteiger partial charge in [0.25, 0.3) is 0 Å². The van der Waals surface area contributed by atoms with Gasteiger partial charge in [-0.25, -0.2) is 0 Å². The molecule has 21 heavy (non-hydrogen) atoms. The average Bonchev–Trinajstić information content (AvgIpc) is 2.48. The second-order valence-electron chi connectivity index (χ2n) is 5.29. The van der Waals surface area contributed by atoms with Crippen molar-refractivity contribution in [3.05, 3.63) is 0 Å². The van der Waals surface area contributed by atoms with Crippen molar-refractivity contribution in [1.29, 1.82) is 0 Å². The summed E-state index contributed by atoms with van der Waals surface area (Å²) in [7, 11) is -1.44. The lowest BCUT2D eigenvalue weighted by Crippen LogP contribution is -2.39. The Hall–Kier alpha value is 0.0569. The SMILES string of the molecule is CCOCC[Si](CCOCC)(CCOCC)CCOCC. The van der Waals surface area contributed by atoms with Crippen molar-refractivity contribution in [2.75, 3.05) is 52.9 Å². The molecule has 0 spiro atoms. The molecule has 128 valence electrons. The highest BCUT2D eigenvalue weighted by atomic mass is 28.3. The van der Waals surface area contributed by atoms with Gasteiger partial charge in [0, 0.05) is 52.9 Å². The molecule has 0 aliphatic carbocycles. The predicted octanol–water partition coefficient (Wildman–Crippen LogP) is 3.58. The zero-order valence-corrected chi connectivity index (χ0v) is 15.6. The van der Waals surface area contributed by atoms with Gasteiger partial charge in [0.05, 0.1) is 8.07 Å². The smallest absolute Gasteiger partial charge is 0.0626 e. The molecule has 0 aromatic rings. The molecule has 4 nitrogen and oxygen atoms in total. The maximum absolute atomic E-state index is 5.62. The molecule has 0 unspecified atom stereocenters. The Kier molecular flexibility index (Phi) is 15.0. The quantitative estimate of drug-likeness (QED) is 0.322. The number of ether oxygens (including phenoxy) is 4. The van der Waals surface area contributed by atoms with Gasteiger partial charge in [-0.2, -0.15) is 0 Å². The standard InChI is InChI=1S/C16H36O4Si/c1-5-17-9-13-21(14-10-18-6-2,15-11-19-7-3)16-12-20-8-4/h5-16H2,1-4H3. The second kappa shape index (κ2) is 15.0. The summed E-state index contributed by atoms with van der Waals surface area (Å²) in [6, 6.07) is 4.75. The lowest BCUT2D eigenvalue weighted by atomic mass is 10.7. The first-order valence-corrected chi connectivity index (χ1v) is 11.4. The first-order chi connectivity index (χ1) is 10.2. The average molecular weight is 321 g/mol. The molecule has 5 heteroatoms. The van der Waals surface area contributed by atoms with Crippen LogP contribution in [0, 0.1) is 0 Å².